The molecule has 8 rings (SSSR count). The Kier molecular flexibility index (Phi) is 18.9. The van der Waals surface area contributed by atoms with Crippen LogP contribution in [-0.4, -0.2) is 74.3 Å². The number of hydrogen-bond acceptors (Lipinski definition) is 9. The number of halogens is 3. The molecule has 17 heteroatoms. The van der Waals surface area contributed by atoms with Gasteiger partial charge in [0.1, 0.15) is 17.1 Å². The standard InChI is InChI=1S/C30H37ClN4O4.C25H29ClN4O2.ClH/c1-19(2)18-38-26-10-9-25(31)15-24(26)17-35-20(3)13-27(33-35)32-28(36)22-7-8-23-16-34(12-11-21(23)14-22)29(37)39-30(4,5)6;1-16(2)15-32-23-7-6-22(26)12-21(23)14-30-17(3)10-24(29-30)28-25(31)19-4-5-20-13-27-9-8-18(20)11-19;/h7-10,13-15,19H,11-12,16-18H2,1-6H3,(H,32,33,36);4-7,10-12,16,27H,8-9,13-15H2,1-3H3,(H,28,29,31);1H. The third-order valence-corrected chi connectivity index (χ3v) is 12.2. The molecular weight excluding hydrogens is 975 g/mol. The van der Waals surface area contributed by atoms with Crippen LogP contribution < -0.4 is 25.4 Å². The van der Waals surface area contributed by atoms with E-state index in [-0.39, 0.29) is 30.3 Å². The summed E-state index contributed by atoms with van der Waals surface area (Å²) in [5.74, 6) is 3.00. The van der Waals surface area contributed by atoms with Crippen molar-refractivity contribution in [3.05, 3.63) is 151 Å². The van der Waals surface area contributed by atoms with Crippen LogP contribution in [0.5, 0.6) is 11.5 Å². The van der Waals surface area contributed by atoms with Crippen LogP contribution in [0.15, 0.2) is 84.9 Å². The number of anilines is 2. The fourth-order valence-electron chi connectivity index (χ4n) is 8.09. The van der Waals surface area contributed by atoms with Crippen molar-refractivity contribution in [3.63, 3.8) is 0 Å². The molecule has 2 aliphatic rings. The van der Waals surface area contributed by atoms with Crippen LogP contribution in [0.3, 0.4) is 0 Å². The fourth-order valence-corrected chi connectivity index (χ4v) is 8.48. The lowest BCUT2D eigenvalue weighted by Crippen LogP contribution is -2.39. The first-order valence-electron chi connectivity index (χ1n) is 24.2. The van der Waals surface area contributed by atoms with Gasteiger partial charge in [-0.15, -0.1) is 12.4 Å². The highest BCUT2D eigenvalue weighted by atomic mass is 35.5. The number of aromatic nitrogens is 4. The Bertz CT molecular complexity index is 2870. The maximum atomic E-state index is 13.1. The number of benzene rings is 4. The van der Waals surface area contributed by atoms with E-state index in [2.05, 4.69) is 53.8 Å². The van der Waals surface area contributed by atoms with E-state index in [1.807, 2.05) is 123 Å². The Morgan fingerprint density at radius 1 is 0.667 bits per heavy atom. The van der Waals surface area contributed by atoms with Crippen molar-refractivity contribution < 1.29 is 28.6 Å². The zero-order chi connectivity index (χ0) is 51.0. The second-order valence-electron chi connectivity index (χ2n) is 20.0. The fraction of sp³-hybridized carbons (Fsp3) is 0.400. The molecule has 0 spiro atoms. The molecule has 4 aromatic carbocycles. The van der Waals surface area contributed by atoms with E-state index in [4.69, 9.17) is 37.4 Å². The van der Waals surface area contributed by atoms with Crippen LogP contribution in [0.4, 0.5) is 16.4 Å². The summed E-state index contributed by atoms with van der Waals surface area (Å²) in [7, 11) is 0. The lowest BCUT2D eigenvalue weighted by atomic mass is 9.97. The third-order valence-electron chi connectivity index (χ3n) is 11.8. The molecule has 0 aliphatic carbocycles. The van der Waals surface area contributed by atoms with Crippen LogP contribution in [0.25, 0.3) is 0 Å². The van der Waals surface area contributed by atoms with Gasteiger partial charge in [-0.25, -0.2) is 4.79 Å². The van der Waals surface area contributed by atoms with E-state index < -0.39 is 5.60 Å². The van der Waals surface area contributed by atoms with Gasteiger partial charge in [-0.05, 0) is 149 Å². The first-order valence-corrected chi connectivity index (χ1v) is 25.0. The van der Waals surface area contributed by atoms with Gasteiger partial charge in [0.25, 0.3) is 11.8 Å². The van der Waals surface area contributed by atoms with Crippen LogP contribution in [-0.2, 0) is 43.8 Å². The molecule has 72 heavy (non-hydrogen) atoms. The molecule has 2 aliphatic heterocycles. The maximum Gasteiger partial charge on any atom is 0.410 e. The SMILES string of the molecule is Cc1cc(NC(=O)c2ccc3c(c2)CCN(C(=O)OC(C)(C)C)C3)nn1Cc1cc(Cl)ccc1OCC(C)C.Cc1cc(NC(=O)c2ccc3c(c2)CCNC3)nn1Cc1cc(Cl)ccc1OCC(C)C.Cl. The smallest absolute Gasteiger partial charge is 0.410 e. The van der Waals surface area contributed by atoms with Crippen LogP contribution in [0.1, 0.15) is 114 Å². The van der Waals surface area contributed by atoms with Gasteiger partial charge in [-0.2, -0.15) is 10.2 Å². The monoisotopic (exact) mass is 1040 g/mol. The van der Waals surface area contributed by atoms with Gasteiger partial charge in [-0.1, -0.05) is 63.0 Å². The molecule has 0 fully saturated rings. The summed E-state index contributed by atoms with van der Waals surface area (Å²) in [4.78, 5) is 40.0. The minimum Gasteiger partial charge on any atom is -0.493 e. The Labute approximate surface area is 439 Å². The summed E-state index contributed by atoms with van der Waals surface area (Å²) in [6.45, 7) is 22.9. The summed E-state index contributed by atoms with van der Waals surface area (Å²) >= 11 is 12.5. The maximum absolute atomic E-state index is 13.1. The number of nitrogens with zero attached hydrogens (tertiary/aromatic N) is 5. The molecule has 14 nitrogen and oxygen atoms in total. The molecule has 0 bridgehead atoms. The minimum atomic E-state index is -0.539. The van der Waals surface area contributed by atoms with Crippen molar-refractivity contribution in [3.8, 4) is 11.5 Å². The van der Waals surface area contributed by atoms with Gasteiger partial charge in [0.15, 0.2) is 11.6 Å². The molecular formula is C55H67Cl3N8O6. The molecule has 2 aromatic heterocycles. The van der Waals surface area contributed by atoms with E-state index in [0.29, 0.717) is 90.5 Å². The minimum absolute atomic E-state index is 0. The van der Waals surface area contributed by atoms with E-state index in [1.165, 1.54) is 11.1 Å². The number of rotatable bonds is 14. The number of carbonyl (C=O) groups excluding carboxylic acids is 3. The zero-order valence-corrected chi connectivity index (χ0v) is 45.0. The topological polar surface area (TPSA) is 154 Å². The normalized spacial score (nSPS) is 13.0. The molecule has 0 radical (unpaired) electrons. The number of nitrogens with one attached hydrogen (secondary N) is 3. The van der Waals surface area contributed by atoms with Gasteiger partial charge >= 0.3 is 6.09 Å². The lowest BCUT2D eigenvalue weighted by Gasteiger charge is -2.31. The van der Waals surface area contributed by atoms with E-state index in [1.54, 1.807) is 11.0 Å². The van der Waals surface area contributed by atoms with Gasteiger partial charge in [0.05, 0.1) is 26.3 Å². The molecule has 0 unspecified atom stereocenters. The number of ether oxygens (including phenoxy) is 3. The molecule has 3 N–H and O–H groups in total. The molecule has 6 aromatic rings. The van der Waals surface area contributed by atoms with E-state index >= 15 is 0 Å². The first-order chi connectivity index (χ1) is 33.8. The zero-order valence-electron chi connectivity index (χ0n) is 42.7. The highest BCUT2D eigenvalue weighted by Crippen LogP contribution is 2.28. The molecule has 0 saturated carbocycles. The molecule has 0 atom stereocenters. The number of carbonyl (C=O) groups is 3. The first kappa shape index (κ1) is 55.3. The molecule has 3 amide bonds. The summed E-state index contributed by atoms with van der Waals surface area (Å²) < 4.78 is 21.1. The van der Waals surface area contributed by atoms with Gasteiger partial charge in [0, 0.05) is 75.5 Å². The average molecular weight is 1040 g/mol. The molecule has 4 heterocycles. The van der Waals surface area contributed by atoms with Crippen molar-refractivity contribution >= 4 is 65.2 Å². The quantitative estimate of drug-likeness (QED) is 0.0967. The van der Waals surface area contributed by atoms with Crippen molar-refractivity contribution in [2.75, 3.05) is 36.9 Å². The van der Waals surface area contributed by atoms with Crippen molar-refractivity contribution in [1.82, 2.24) is 29.8 Å². The van der Waals surface area contributed by atoms with Gasteiger partial charge in [-0.3, -0.25) is 19.0 Å². The number of hydrogen-bond donors (Lipinski definition) is 3. The second kappa shape index (κ2) is 24.6. The lowest BCUT2D eigenvalue weighted by molar-refractivity contribution is 0.0223. The number of fused-ring (bicyclic) bond motifs is 2. The predicted molar refractivity (Wildman–Crippen MR) is 287 cm³/mol. The van der Waals surface area contributed by atoms with Crippen molar-refractivity contribution in [2.24, 2.45) is 11.8 Å². The van der Waals surface area contributed by atoms with E-state index in [0.717, 1.165) is 64.7 Å². The van der Waals surface area contributed by atoms with E-state index in [9.17, 15) is 14.4 Å². The number of aryl methyl sites for hydroxylation is 2. The number of amides is 3. The van der Waals surface area contributed by atoms with Gasteiger partial charge in [0.2, 0.25) is 0 Å². The Morgan fingerprint density at radius 3 is 1.64 bits per heavy atom. The largest absolute Gasteiger partial charge is 0.493 e. The van der Waals surface area contributed by atoms with Crippen molar-refractivity contribution in [1.29, 1.82) is 0 Å². The van der Waals surface area contributed by atoms with Gasteiger partial charge < -0.3 is 35.1 Å². The summed E-state index contributed by atoms with van der Waals surface area (Å²) in [5, 5.41) is 19.7. The van der Waals surface area contributed by atoms with Crippen LogP contribution in [0.2, 0.25) is 10.0 Å². The van der Waals surface area contributed by atoms with Crippen LogP contribution >= 0.6 is 35.6 Å². The highest BCUT2D eigenvalue weighted by molar-refractivity contribution is 6.31. The van der Waals surface area contributed by atoms with Crippen molar-refractivity contribution in [2.45, 2.75) is 107 Å². The second-order valence-corrected chi connectivity index (χ2v) is 20.9. The molecule has 0 saturated heterocycles. The van der Waals surface area contributed by atoms with Crippen LogP contribution in [0, 0.1) is 25.7 Å². The third kappa shape index (κ3) is 15.2. The summed E-state index contributed by atoms with van der Waals surface area (Å²) in [5.41, 5.74) is 8.91. The molecule has 384 valence electrons. The Balaban J connectivity index is 0.000000236. The Hall–Kier alpha value is -6.06. The highest BCUT2D eigenvalue weighted by Gasteiger charge is 2.27. The average Bonchev–Trinajstić information content (AvgIpc) is 3.85. The summed E-state index contributed by atoms with van der Waals surface area (Å²) in [6, 6.07) is 26.4. The summed E-state index contributed by atoms with van der Waals surface area (Å²) in [6.07, 6.45) is 1.27. The Morgan fingerprint density at radius 2 is 1.15 bits per heavy atom. The predicted octanol–water partition coefficient (Wildman–Crippen LogP) is 11.7.